The Morgan fingerprint density at radius 1 is 1.19 bits per heavy atom. The van der Waals surface area contributed by atoms with Crippen LogP contribution in [0.2, 0.25) is 0 Å². The number of carbonyl (C=O) groups is 1. The minimum atomic E-state index is -0.0707. The first-order valence-electron chi connectivity index (χ1n) is 8.73. The van der Waals surface area contributed by atoms with Crippen molar-refractivity contribution in [2.45, 2.75) is 26.8 Å². The molecule has 26 heavy (non-hydrogen) atoms. The standard InChI is InChI=1S/C21H23N3O2/c1-4-19-20(9-8-15(2)23-19)26-14-21(25)24(3)13-17-7-5-6-16-12-22-11-10-18(16)17/h5-12H,4,13-14H2,1-3H3. The lowest BCUT2D eigenvalue weighted by Gasteiger charge is -2.19. The van der Waals surface area contributed by atoms with Crippen LogP contribution in [0, 0.1) is 6.92 Å². The van der Waals surface area contributed by atoms with Crippen molar-refractivity contribution in [1.82, 2.24) is 14.9 Å². The molecule has 0 aliphatic carbocycles. The fraction of sp³-hybridized carbons (Fsp3) is 0.286. The maximum Gasteiger partial charge on any atom is 0.260 e. The maximum absolute atomic E-state index is 12.5. The lowest BCUT2D eigenvalue weighted by Crippen LogP contribution is -2.31. The number of amides is 1. The van der Waals surface area contributed by atoms with Gasteiger partial charge in [0.1, 0.15) is 5.75 Å². The number of rotatable bonds is 6. The highest BCUT2D eigenvalue weighted by atomic mass is 16.5. The predicted octanol–water partition coefficient (Wildman–Crippen LogP) is 3.54. The van der Waals surface area contributed by atoms with Crippen LogP contribution >= 0.6 is 0 Å². The zero-order valence-corrected chi connectivity index (χ0v) is 15.4. The molecule has 0 atom stereocenters. The zero-order chi connectivity index (χ0) is 18.5. The minimum absolute atomic E-state index is 0.000558. The number of benzene rings is 1. The van der Waals surface area contributed by atoms with Crippen molar-refractivity contribution in [3.63, 3.8) is 0 Å². The molecule has 0 aliphatic rings. The third-order valence-corrected chi connectivity index (χ3v) is 4.36. The molecule has 0 bridgehead atoms. The molecule has 0 unspecified atom stereocenters. The Morgan fingerprint density at radius 2 is 2.04 bits per heavy atom. The van der Waals surface area contributed by atoms with Crippen LogP contribution in [0.1, 0.15) is 23.9 Å². The van der Waals surface area contributed by atoms with Crippen LogP contribution < -0.4 is 4.74 Å². The quantitative estimate of drug-likeness (QED) is 0.683. The fourth-order valence-electron chi connectivity index (χ4n) is 2.90. The summed E-state index contributed by atoms with van der Waals surface area (Å²) in [6.45, 7) is 4.50. The van der Waals surface area contributed by atoms with Crippen LogP contribution in [0.15, 0.2) is 48.8 Å². The van der Waals surface area contributed by atoms with Crippen molar-refractivity contribution in [2.24, 2.45) is 0 Å². The van der Waals surface area contributed by atoms with Crippen LogP contribution in [0.25, 0.3) is 10.8 Å². The zero-order valence-electron chi connectivity index (χ0n) is 15.4. The first-order valence-corrected chi connectivity index (χ1v) is 8.73. The van der Waals surface area contributed by atoms with E-state index < -0.39 is 0 Å². The number of hydrogen-bond donors (Lipinski definition) is 0. The third-order valence-electron chi connectivity index (χ3n) is 4.36. The first-order chi connectivity index (χ1) is 12.6. The number of carbonyl (C=O) groups excluding carboxylic acids is 1. The molecule has 5 nitrogen and oxygen atoms in total. The van der Waals surface area contributed by atoms with Crippen LogP contribution in [-0.2, 0) is 17.8 Å². The van der Waals surface area contributed by atoms with E-state index in [9.17, 15) is 4.79 Å². The van der Waals surface area contributed by atoms with Gasteiger partial charge in [-0.1, -0.05) is 25.1 Å². The van der Waals surface area contributed by atoms with Gasteiger partial charge in [-0.3, -0.25) is 14.8 Å². The molecular weight excluding hydrogens is 326 g/mol. The van der Waals surface area contributed by atoms with Gasteiger partial charge in [0.25, 0.3) is 5.91 Å². The van der Waals surface area contributed by atoms with Crippen molar-refractivity contribution >= 4 is 16.7 Å². The van der Waals surface area contributed by atoms with Crippen LogP contribution in [-0.4, -0.2) is 34.4 Å². The van der Waals surface area contributed by atoms with E-state index in [2.05, 4.69) is 9.97 Å². The number of hydrogen-bond acceptors (Lipinski definition) is 4. The summed E-state index contributed by atoms with van der Waals surface area (Å²) in [7, 11) is 1.79. The molecule has 0 saturated carbocycles. The molecule has 0 fully saturated rings. The second kappa shape index (κ2) is 7.95. The summed E-state index contributed by atoms with van der Waals surface area (Å²) in [5.41, 5.74) is 2.91. The Morgan fingerprint density at radius 3 is 2.85 bits per heavy atom. The molecular formula is C21H23N3O2. The van der Waals surface area contributed by atoms with Gasteiger partial charge in [0.2, 0.25) is 0 Å². The number of nitrogens with zero attached hydrogens (tertiary/aromatic N) is 3. The molecule has 0 aliphatic heterocycles. The van der Waals surface area contributed by atoms with Gasteiger partial charge in [0, 0.05) is 37.1 Å². The monoisotopic (exact) mass is 349 g/mol. The van der Waals surface area contributed by atoms with Gasteiger partial charge in [-0.2, -0.15) is 0 Å². The topological polar surface area (TPSA) is 55.3 Å². The second-order valence-electron chi connectivity index (χ2n) is 6.30. The first kappa shape index (κ1) is 17.9. The van der Waals surface area contributed by atoms with Crippen molar-refractivity contribution in [3.8, 4) is 5.75 Å². The molecule has 0 saturated heterocycles. The summed E-state index contributed by atoms with van der Waals surface area (Å²) in [5.74, 6) is 0.606. The summed E-state index contributed by atoms with van der Waals surface area (Å²) in [6.07, 6.45) is 4.37. The highest BCUT2D eigenvalue weighted by Crippen LogP contribution is 2.20. The fourth-order valence-corrected chi connectivity index (χ4v) is 2.90. The van der Waals surface area contributed by atoms with E-state index in [0.717, 1.165) is 34.1 Å². The summed E-state index contributed by atoms with van der Waals surface area (Å²) in [4.78, 5) is 22.8. The Bertz CT molecular complexity index is 919. The summed E-state index contributed by atoms with van der Waals surface area (Å²) in [5, 5.41) is 2.18. The normalized spacial score (nSPS) is 10.7. The SMILES string of the molecule is CCc1nc(C)ccc1OCC(=O)N(C)Cc1cccc2cnccc12. The van der Waals surface area contributed by atoms with Gasteiger partial charge in [0.05, 0.1) is 5.69 Å². The molecule has 0 radical (unpaired) electrons. The summed E-state index contributed by atoms with van der Waals surface area (Å²) >= 11 is 0. The lowest BCUT2D eigenvalue weighted by molar-refractivity contribution is -0.132. The Hall–Kier alpha value is -2.95. The number of aryl methyl sites for hydroxylation is 2. The number of likely N-dealkylation sites (N-methyl/N-ethyl adjacent to an activating group) is 1. The van der Waals surface area contributed by atoms with Crippen LogP contribution in [0.3, 0.4) is 0 Å². The van der Waals surface area contributed by atoms with E-state index in [-0.39, 0.29) is 12.5 Å². The molecule has 134 valence electrons. The number of pyridine rings is 2. The number of ether oxygens (including phenoxy) is 1. The highest BCUT2D eigenvalue weighted by Gasteiger charge is 2.13. The Labute approximate surface area is 153 Å². The largest absolute Gasteiger partial charge is 0.482 e. The average molecular weight is 349 g/mol. The molecule has 5 heteroatoms. The number of fused-ring (bicyclic) bond motifs is 1. The average Bonchev–Trinajstić information content (AvgIpc) is 2.66. The van der Waals surface area contributed by atoms with E-state index >= 15 is 0 Å². The van der Waals surface area contributed by atoms with Crippen LogP contribution in [0.4, 0.5) is 0 Å². The summed E-state index contributed by atoms with van der Waals surface area (Å²) < 4.78 is 5.73. The molecule has 3 rings (SSSR count). The van der Waals surface area contributed by atoms with Crippen molar-refractivity contribution in [3.05, 3.63) is 65.7 Å². The van der Waals surface area contributed by atoms with E-state index in [4.69, 9.17) is 4.74 Å². The van der Waals surface area contributed by atoms with Crippen LogP contribution in [0.5, 0.6) is 5.75 Å². The van der Waals surface area contributed by atoms with E-state index in [1.54, 1.807) is 18.1 Å². The van der Waals surface area contributed by atoms with Gasteiger partial charge in [-0.15, -0.1) is 0 Å². The highest BCUT2D eigenvalue weighted by molar-refractivity contribution is 5.85. The van der Waals surface area contributed by atoms with Gasteiger partial charge >= 0.3 is 0 Å². The molecule has 0 spiro atoms. The maximum atomic E-state index is 12.5. The summed E-state index contributed by atoms with van der Waals surface area (Å²) in [6, 6.07) is 11.8. The number of aromatic nitrogens is 2. The molecule has 1 amide bonds. The van der Waals surface area contributed by atoms with Gasteiger partial charge in [-0.05, 0) is 42.5 Å². The molecule has 2 aromatic heterocycles. The van der Waals surface area contributed by atoms with Gasteiger partial charge in [-0.25, -0.2) is 0 Å². The molecule has 3 aromatic rings. The van der Waals surface area contributed by atoms with Crippen molar-refractivity contribution in [2.75, 3.05) is 13.7 Å². The molecule has 1 aromatic carbocycles. The second-order valence-corrected chi connectivity index (χ2v) is 6.30. The Balaban J connectivity index is 1.66. The van der Waals surface area contributed by atoms with E-state index in [0.29, 0.717) is 12.3 Å². The van der Waals surface area contributed by atoms with Crippen molar-refractivity contribution < 1.29 is 9.53 Å². The predicted molar refractivity (Wildman–Crippen MR) is 102 cm³/mol. The van der Waals surface area contributed by atoms with Gasteiger partial charge < -0.3 is 9.64 Å². The van der Waals surface area contributed by atoms with E-state index in [1.807, 2.05) is 56.4 Å². The van der Waals surface area contributed by atoms with E-state index in [1.165, 1.54) is 0 Å². The van der Waals surface area contributed by atoms with Crippen molar-refractivity contribution in [1.29, 1.82) is 0 Å². The lowest BCUT2D eigenvalue weighted by atomic mass is 10.1. The van der Waals surface area contributed by atoms with Gasteiger partial charge in [0.15, 0.2) is 6.61 Å². The molecule has 0 N–H and O–H groups in total. The Kier molecular flexibility index (Phi) is 5.46. The smallest absolute Gasteiger partial charge is 0.260 e. The molecule has 2 heterocycles. The third kappa shape index (κ3) is 3.99. The minimum Gasteiger partial charge on any atom is -0.482 e.